The maximum absolute atomic E-state index is 4.98. The van der Waals surface area contributed by atoms with Crippen molar-refractivity contribution in [1.82, 2.24) is 9.97 Å². The molecule has 2 nitrogen and oxygen atoms in total. The van der Waals surface area contributed by atoms with Crippen molar-refractivity contribution in [3.05, 3.63) is 96.6 Å². The summed E-state index contributed by atoms with van der Waals surface area (Å²) in [7, 11) is 0. The molecule has 5 aromatic rings. The van der Waals surface area contributed by atoms with Gasteiger partial charge in [0.05, 0.1) is 11.2 Å². The Hall–Kier alpha value is -3.52. The van der Waals surface area contributed by atoms with Crippen molar-refractivity contribution in [2.75, 3.05) is 0 Å². The van der Waals surface area contributed by atoms with E-state index in [0.717, 1.165) is 33.5 Å². The Morgan fingerprint density at radius 1 is 0.593 bits per heavy atom. The van der Waals surface area contributed by atoms with Crippen LogP contribution in [0.1, 0.15) is 5.56 Å². The largest absolute Gasteiger partial charge is 0.228 e. The summed E-state index contributed by atoms with van der Waals surface area (Å²) in [5.74, 6) is 0.764. The molecule has 4 aromatic carbocycles. The maximum atomic E-state index is 4.98. The lowest BCUT2D eigenvalue weighted by atomic mass is 10.0. The molecule has 0 radical (unpaired) electrons. The van der Waals surface area contributed by atoms with Crippen LogP contribution in [0.25, 0.3) is 44.3 Å². The SMILES string of the molecule is Cc1cccc(-c2nc(-c3ccc4ccccc4c3)c3ccccc3n2)c1. The van der Waals surface area contributed by atoms with Crippen molar-refractivity contribution < 1.29 is 0 Å². The number of hydrogen-bond donors (Lipinski definition) is 0. The molecule has 0 N–H and O–H groups in total. The highest BCUT2D eigenvalue weighted by Crippen LogP contribution is 2.31. The van der Waals surface area contributed by atoms with Gasteiger partial charge in [0.1, 0.15) is 0 Å². The first-order valence-corrected chi connectivity index (χ1v) is 9.11. The number of fused-ring (bicyclic) bond motifs is 2. The number of aryl methyl sites for hydroxylation is 1. The Kier molecular flexibility index (Phi) is 3.68. The van der Waals surface area contributed by atoms with Gasteiger partial charge in [0.2, 0.25) is 0 Å². The number of aromatic nitrogens is 2. The first kappa shape index (κ1) is 15.7. The molecular formula is C25H18N2. The van der Waals surface area contributed by atoms with Crippen LogP contribution in [0.4, 0.5) is 0 Å². The molecular weight excluding hydrogens is 328 g/mol. The molecule has 0 bridgehead atoms. The van der Waals surface area contributed by atoms with Gasteiger partial charge in [-0.25, -0.2) is 9.97 Å². The van der Waals surface area contributed by atoms with E-state index in [1.807, 2.05) is 12.1 Å². The van der Waals surface area contributed by atoms with E-state index in [0.29, 0.717) is 0 Å². The average molecular weight is 346 g/mol. The molecule has 0 unspecified atom stereocenters. The van der Waals surface area contributed by atoms with E-state index >= 15 is 0 Å². The minimum atomic E-state index is 0.764. The van der Waals surface area contributed by atoms with Gasteiger partial charge in [-0.1, -0.05) is 78.4 Å². The van der Waals surface area contributed by atoms with E-state index in [4.69, 9.17) is 9.97 Å². The Labute approximate surface area is 158 Å². The van der Waals surface area contributed by atoms with Crippen molar-refractivity contribution in [2.24, 2.45) is 0 Å². The Bertz CT molecular complexity index is 1290. The highest BCUT2D eigenvalue weighted by atomic mass is 14.9. The molecule has 0 aliphatic rings. The van der Waals surface area contributed by atoms with Gasteiger partial charge in [0.25, 0.3) is 0 Å². The van der Waals surface area contributed by atoms with Crippen LogP contribution in [0.5, 0.6) is 0 Å². The molecule has 0 saturated carbocycles. The number of para-hydroxylation sites is 1. The Morgan fingerprint density at radius 2 is 1.41 bits per heavy atom. The number of hydrogen-bond acceptors (Lipinski definition) is 2. The van der Waals surface area contributed by atoms with Gasteiger partial charge in [-0.3, -0.25) is 0 Å². The molecule has 0 amide bonds. The van der Waals surface area contributed by atoms with E-state index < -0.39 is 0 Å². The van der Waals surface area contributed by atoms with Gasteiger partial charge in [-0.05, 0) is 35.9 Å². The van der Waals surface area contributed by atoms with E-state index in [9.17, 15) is 0 Å². The first-order valence-electron chi connectivity index (χ1n) is 9.11. The summed E-state index contributed by atoms with van der Waals surface area (Å²) in [5.41, 5.74) is 5.30. The van der Waals surface area contributed by atoms with Crippen LogP contribution in [0, 0.1) is 6.92 Å². The number of nitrogens with zero attached hydrogens (tertiary/aromatic N) is 2. The van der Waals surface area contributed by atoms with E-state index in [-0.39, 0.29) is 0 Å². The normalized spacial score (nSPS) is 11.1. The third-order valence-electron chi connectivity index (χ3n) is 4.90. The lowest BCUT2D eigenvalue weighted by Crippen LogP contribution is -1.95. The molecule has 128 valence electrons. The molecule has 1 heterocycles. The standard InChI is InChI=1S/C25H18N2/c1-17-7-6-10-21(15-17)25-26-23-12-5-4-11-22(23)24(27-25)20-14-13-18-8-2-3-9-19(18)16-20/h2-16H,1H3. The molecule has 0 saturated heterocycles. The fourth-order valence-electron chi connectivity index (χ4n) is 3.55. The van der Waals surface area contributed by atoms with Crippen LogP contribution in [0.3, 0.4) is 0 Å². The molecule has 0 spiro atoms. The highest BCUT2D eigenvalue weighted by molar-refractivity contribution is 5.96. The maximum Gasteiger partial charge on any atom is 0.160 e. The van der Waals surface area contributed by atoms with Gasteiger partial charge < -0.3 is 0 Å². The summed E-state index contributed by atoms with van der Waals surface area (Å²) in [6.45, 7) is 2.09. The molecule has 0 aliphatic heterocycles. The zero-order valence-electron chi connectivity index (χ0n) is 15.1. The Morgan fingerprint density at radius 3 is 2.30 bits per heavy atom. The van der Waals surface area contributed by atoms with Crippen molar-refractivity contribution >= 4 is 21.7 Å². The van der Waals surface area contributed by atoms with Crippen molar-refractivity contribution in [2.45, 2.75) is 6.92 Å². The highest BCUT2D eigenvalue weighted by Gasteiger charge is 2.11. The van der Waals surface area contributed by atoms with Gasteiger partial charge in [-0.15, -0.1) is 0 Å². The zero-order valence-corrected chi connectivity index (χ0v) is 15.1. The summed E-state index contributed by atoms with van der Waals surface area (Å²) in [6.07, 6.45) is 0. The molecule has 27 heavy (non-hydrogen) atoms. The molecule has 0 aliphatic carbocycles. The molecule has 2 heteroatoms. The third-order valence-corrected chi connectivity index (χ3v) is 4.90. The van der Waals surface area contributed by atoms with E-state index in [2.05, 4.69) is 85.8 Å². The Balaban J connectivity index is 1.79. The van der Waals surface area contributed by atoms with E-state index in [1.165, 1.54) is 16.3 Å². The van der Waals surface area contributed by atoms with Gasteiger partial charge >= 0.3 is 0 Å². The third kappa shape index (κ3) is 2.85. The summed E-state index contributed by atoms with van der Waals surface area (Å²) in [5, 5.41) is 3.53. The average Bonchev–Trinajstić information content (AvgIpc) is 2.72. The van der Waals surface area contributed by atoms with Crippen molar-refractivity contribution in [1.29, 1.82) is 0 Å². The van der Waals surface area contributed by atoms with Crippen LogP contribution < -0.4 is 0 Å². The topological polar surface area (TPSA) is 25.8 Å². The van der Waals surface area contributed by atoms with Gasteiger partial charge in [0.15, 0.2) is 5.82 Å². The monoisotopic (exact) mass is 346 g/mol. The summed E-state index contributed by atoms with van der Waals surface area (Å²) in [4.78, 5) is 9.80. The van der Waals surface area contributed by atoms with Crippen LogP contribution in [0.15, 0.2) is 91.0 Å². The number of rotatable bonds is 2. The van der Waals surface area contributed by atoms with Crippen LogP contribution in [-0.4, -0.2) is 9.97 Å². The smallest absolute Gasteiger partial charge is 0.160 e. The minimum absolute atomic E-state index is 0.764. The van der Waals surface area contributed by atoms with Crippen molar-refractivity contribution in [3.63, 3.8) is 0 Å². The second kappa shape index (κ2) is 6.33. The van der Waals surface area contributed by atoms with Crippen LogP contribution >= 0.6 is 0 Å². The minimum Gasteiger partial charge on any atom is -0.228 e. The van der Waals surface area contributed by atoms with Gasteiger partial charge in [0, 0.05) is 16.5 Å². The lowest BCUT2D eigenvalue weighted by Gasteiger charge is -2.10. The molecule has 0 atom stereocenters. The second-order valence-corrected chi connectivity index (χ2v) is 6.84. The fourth-order valence-corrected chi connectivity index (χ4v) is 3.55. The predicted molar refractivity (Wildman–Crippen MR) is 113 cm³/mol. The van der Waals surface area contributed by atoms with E-state index in [1.54, 1.807) is 0 Å². The lowest BCUT2D eigenvalue weighted by molar-refractivity contribution is 1.23. The predicted octanol–water partition coefficient (Wildman–Crippen LogP) is 6.43. The quantitative estimate of drug-likeness (QED) is 0.368. The zero-order chi connectivity index (χ0) is 18.2. The van der Waals surface area contributed by atoms with Crippen LogP contribution in [0.2, 0.25) is 0 Å². The van der Waals surface area contributed by atoms with Gasteiger partial charge in [-0.2, -0.15) is 0 Å². The fraction of sp³-hybridized carbons (Fsp3) is 0.0400. The summed E-state index contributed by atoms with van der Waals surface area (Å²) in [6, 6.07) is 31.5. The first-order chi connectivity index (χ1) is 13.3. The summed E-state index contributed by atoms with van der Waals surface area (Å²) < 4.78 is 0. The molecule has 1 aromatic heterocycles. The molecule has 0 fully saturated rings. The van der Waals surface area contributed by atoms with Crippen molar-refractivity contribution in [3.8, 4) is 22.6 Å². The van der Waals surface area contributed by atoms with Crippen LogP contribution in [-0.2, 0) is 0 Å². The molecule has 5 rings (SSSR count). The summed E-state index contributed by atoms with van der Waals surface area (Å²) >= 11 is 0. The second-order valence-electron chi connectivity index (χ2n) is 6.84. The number of benzene rings is 4.